The van der Waals surface area contributed by atoms with Crippen LogP contribution in [-0.2, 0) is 6.54 Å². The SMILES string of the molecule is C=CCNCc1cnc(NC(C)C)nc1. The van der Waals surface area contributed by atoms with Gasteiger partial charge in [-0.1, -0.05) is 6.08 Å². The van der Waals surface area contributed by atoms with Gasteiger partial charge in [-0.05, 0) is 13.8 Å². The second kappa shape index (κ2) is 6.14. The van der Waals surface area contributed by atoms with Gasteiger partial charge in [0.2, 0.25) is 5.95 Å². The fraction of sp³-hybridized carbons (Fsp3) is 0.455. The molecule has 0 atom stereocenters. The van der Waals surface area contributed by atoms with E-state index >= 15 is 0 Å². The van der Waals surface area contributed by atoms with E-state index in [1.165, 1.54) is 0 Å². The zero-order chi connectivity index (χ0) is 11.1. The van der Waals surface area contributed by atoms with Crippen molar-refractivity contribution in [2.24, 2.45) is 0 Å². The molecule has 4 nitrogen and oxygen atoms in total. The Kier molecular flexibility index (Phi) is 4.77. The minimum Gasteiger partial charge on any atom is -0.352 e. The van der Waals surface area contributed by atoms with Crippen molar-refractivity contribution < 1.29 is 0 Å². The van der Waals surface area contributed by atoms with Gasteiger partial charge in [0.25, 0.3) is 0 Å². The number of rotatable bonds is 6. The van der Waals surface area contributed by atoms with E-state index in [4.69, 9.17) is 0 Å². The number of nitrogens with one attached hydrogen (secondary N) is 2. The van der Waals surface area contributed by atoms with E-state index in [9.17, 15) is 0 Å². The van der Waals surface area contributed by atoms with Gasteiger partial charge in [-0.15, -0.1) is 6.58 Å². The third-order valence-corrected chi connectivity index (χ3v) is 1.74. The van der Waals surface area contributed by atoms with E-state index in [0.717, 1.165) is 18.7 Å². The lowest BCUT2D eigenvalue weighted by Gasteiger charge is -2.08. The predicted molar refractivity (Wildman–Crippen MR) is 62.7 cm³/mol. The van der Waals surface area contributed by atoms with Crippen LogP contribution in [0.2, 0.25) is 0 Å². The highest BCUT2D eigenvalue weighted by molar-refractivity contribution is 5.25. The van der Waals surface area contributed by atoms with Crippen molar-refractivity contribution >= 4 is 5.95 Å². The number of nitrogens with zero attached hydrogens (tertiary/aromatic N) is 2. The normalized spacial score (nSPS) is 10.3. The molecule has 0 amide bonds. The number of hydrogen-bond acceptors (Lipinski definition) is 4. The van der Waals surface area contributed by atoms with Crippen molar-refractivity contribution in [2.75, 3.05) is 11.9 Å². The minimum atomic E-state index is 0.356. The smallest absolute Gasteiger partial charge is 0.222 e. The molecule has 0 fully saturated rings. The van der Waals surface area contributed by atoms with Crippen molar-refractivity contribution in [3.05, 3.63) is 30.6 Å². The molecule has 0 aliphatic carbocycles. The Balaban J connectivity index is 2.45. The summed E-state index contributed by atoms with van der Waals surface area (Å²) in [6.07, 6.45) is 5.48. The molecule has 15 heavy (non-hydrogen) atoms. The van der Waals surface area contributed by atoms with E-state index in [2.05, 4.69) is 41.0 Å². The number of aromatic nitrogens is 2. The maximum Gasteiger partial charge on any atom is 0.222 e. The molecule has 4 heteroatoms. The average molecular weight is 206 g/mol. The molecule has 0 radical (unpaired) electrons. The summed E-state index contributed by atoms with van der Waals surface area (Å²) in [6, 6.07) is 0.356. The largest absolute Gasteiger partial charge is 0.352 e. The highest BCUT2D eigenvalue weighted by Crippen LogP contribution is 2.01. The molecule has 1 rings (SSSR count). The molecule has 0 aliphatic heterocycles. The molecule has 0 saturated heterocycles. The van der Waals surface area contributed by atoms with E-state index in [1.807, 2.05) is 18.5 Å². The summed E-state index contributed by atoms with van der Waals surface area (Å²) in [5, 5.41) is 6.33. The molecule has 1 aromatic heterocycles. The highest BCUT2D eigenvalue weighted by Gasteiger charge is 1.98. The molecule has 0 unspecified atom stereocenters. The van der Waals surface area contributed by atoms with Crippen LogP contribution in [0.1, 0.15) is 19.4 Å². The molecule has 1 heterocycles. The molecule has 0 aliphatic rings. The van der Waals surface area contributed by atoms with Gasteiger partial charge in [-0.2, -0.15) is 0 Å². The fourth-order valence-electron chi connectivity index (χ4n) is 1.10. The quantitative estimate of drug-likeness (QED) is 0.548. The molecule has 0 aromatic carbocycles. The van der Waals surface area contributed by atoms with Crippen molar-refractivity contribution in [3.8, 4) is 0 Å². The molecule has 0 bridgehead atoms. The van der Waals surface area contributed by atoms with Crippen LogP contribution in [0.15, 0.2) is 25.0 Å². The molecule has 1 aromatic rings. The van der Waals surface area contributed by atoms with Crippen molar-refractivity contribution in [2.45, 2.75) is 26.4 Å². The lowest BCUT2D eigenvalue weighted by Crippen LogP contribution is -2.15. The lowest BCUT2D eigenvalue weighted by molar-refractivity contribution is 0.752. The Morgan fingerprint density at radius 2 is 2.07 bits per heavy atom. The van der Waals surface area contributed by atoms with Gasteiger partial charge in [0.1, 0.15) is 0 Å². The Morgan fingerprint density at radius 3 is 2.60 bits per heavy atom. The van der Waals surface area contributed by atoms with Crippen LogP contribution in [0.25, 0.3) is 0 Å². The monoisotopic (exact) mass is 206 g/mol. The summed E-state index contributed by atoms with van der Waals surface area (Å²) in [5.74, 6) is 0.678. The standard InChI is InChI=1S/C11H18N4/c1-4-5-12-6-10-7-13-11(14-8-10)15-9(2)3/h4,7-9,12H,1,5-6H2,2-3H3,(H,13,14,15). The van der Waals surface area contributed by atoms with Crippen LogP contribution in [0.3, 0.4) is 0 Å². The Morgan fingerprint density at radius 1 is 1.40 bits per heavy atom. The van der Waals surface area contributed by atoms with E-state index in [-0.39, 0.29) is 0 Å². The summed E-state index contributed by atoms with van der Waals surface area (Å²) < 4.78 is 0. The van der Waals surface area contributed by atoms with Gasteiger partial charge in [-0.25, -0.2) is 9.97 Å². The van der Waals surface area contributed by atoms with Crippen LogP contribution in [0.4, 0.5) is 5.95 Å². The average Bonchev–Trinajstić information content (AvgIpc) is 2.20. The van der Waals surface area contributed by atoms with Gasteiger partial charge >= 0.3 is 0 Å². The van der Waals surface area contributed by atoms with E-state index < -0.39 is 0 Å². The zero-order valence-electron chi connectivity index (χ0n) is 9.33. The maximum absolute atomic E-state index is 4.21. The molecule has 2 N–H and O–H groups in total. The summed E-state index contributed by atoms with van der Waals surface area (Å²) >= 11 is 0. The zero-order valence-corrected chi connectivity index (χ0v) is 9.33. The predicted octanol–water partition coefficient (Wildman–Crippen LogP) is 1.57. The molecule has 82 valence electrons. The first-order valence-corrected chi connectivity index (χ1v) is 5.11. The topological polar surface area (TPSA) is 49.8 Å². The third kappa shape index (κ3) is 4.56. The van der Waals surface area contributed by atoms with Crippen LogP contribution in [-0.4, -0.2) is 22.6 Å². The first-order chi connectivity index (χ1) is 7.22. The van der Waals surface area contributed by atoms with Crippen molar-refractivity contribution in [3.63, 3.8) is 0 Å². The minimum absolute atomic E-state index is 0.356. The number of anilines is 1. The second-order valence-corrected chi connectivity index (χ2v) is 3.63. The lowest BCUT2D eigenvalue weighted by atomic mass is 10.3. The summed E-state index contributed by atoms with van der Waals surface area (Å²) in [5.41, 5.74) is 1.08. The van der Waals surface area contributed by atoms with Gasteiger partial charge in [-0.3, -0.25) is 0 Å². The van der Waals surface area contributed by atoms with Gasteiger partial charge < -0.3 is 10.6 Å². The molecular weight excluding hydrogens is 188 g/mol. The van der Waals surface area contributed by atoms with Gasteiger partial charge in [0, 0.05) is 37.1 Å². The summed E-state index contributed by atoms with van der Waals surface area (Å²) in [7, 11) is 0. The molecule has 0 spiro atoms. The Labute approximate surface area is 90.8 Å². The number of hydrogen-bond donors (Lipinski definition) is 2. The maximum atomic E-state index is 4.21. The summed E-state index contributed by atoms with van der Waals surface area (Å²) in [4.78, 5) is 8.42. The Bertz CT molecular complexity index is 292. The van der Waals surface area contributed by atoms with Crippen LogP contribution in [0.5, 0.6) is 0 Å². The van der Waals surface area contributed by atoms with Crippen molar-refractivity contribution in [1.29, 1.82) is 0 Å². The van der Waals surface area contributed by atoms with Gasteiger partial charge in [0.15, 0.2) is 0 Å². The van der Waals surface area contributed by atoms with Crippen LogP contribution in [0, 0.1) is 0 Å². The van der Waals surface area contributed by atoms with Crippen LogP contribution >= 0.6 is 0 Å². The first-order valence-electron chi connectivity index (χ1n) is 5.11. The molecule has 0 saturated carbocycles. The van der Waals surface area contributed by atoms with Crippen molar-refractivity contribution in [1.82, 2.24) is 15.3 Å². The highest BCUT2D eigenvalue weighted by atomic mass is 15.1. The second-order valence-electron chi connectivity index (χ2n) is 3.63. The van der Waals surface area contributed by atoms with E-state index in [0.29, 0.717) is 12.0 Å². The fourth-order valence-corrected chi connectivity index (χ4v) is 1.10. The Hall–Kier alpha value is -1.42. The van der Waals surface area contributed by atoms with Crippen LogP contribution < -0.4 is 10.6 Å². The molecular formula is C11H18N4. The van der Waals surface area contributed by atoms with Gasteiger partial charge in [0.05, 0.1) is 0 Å². The summed E-state index contributed by atoms with van der Waals surface area (Å²) in [6.45, 7) is 9.32. The van der Waals surface area contributed by atoms with E-state index in [1.54, 1.807) is 0 Å². The first kappa shape index (κ1) is 11.7. The third-order valence-electron chi connectivity index (χ3n) is 1.74.